The van der Waals surface area contributed by atoms with Crippen molar-refractivity contribution in [2.45, 2.75) is 31.8 Å². The number of imidazole rings is 1. The molecule has 10 heteroatoms. The van der Waals surface area contributed by atoms with Crippen molar-refractivity contribution in [3.8, 4) is 11.3 Å². The number of ether oxygens (including phenoxy) is 1. The number of benzene rings is 1. The van der Waals surface area contributed by atoms with Crippen LogP contribution in [0.5, 0.6) is 0 Å². The first kappa shape index (κ1) is 24.4. The van der Waals surface area contributed by atoms with Gasteiger partial charge in [-0.2, -0.15) is 0 Å². The molecule has 3 aromatic heterocycles. The Morgan fingerprint density at radius 2 is 1.95 bits per heavy atom. The number of hydrogen-bond donors (Lipinski definition) is 2. The molecule has 3 N–H and O–H groups in total. The second kappa shape index (κ2) is 10.4. The lowest BCUT2D eigenvalue weighted by molar-refractivity contribution is -0.142. The molecule has 0 spiro atoms. The molecule has 4 heterocycles. The Balaban J connectivity index is 1.45. The molecule has 4 aromatic rings. The molecule has 0 aliphatic carbocycles. The molecule has 0 saturated carbocycles. The zero-order valence-corrected chi connectivity index (χ0v) is 20.8. The molecule has 2 atom stereocenters. The van der Waals surface area contributed by atoms with Crippen molar-refractivity contribution in [1.82, 2.24) is 24.3 Å². The normalized spacial score (nSPS) is 16.5. The fourth-order valence-electron chi connectivity index (χ4n) is 4.73. The number of fused-ring (bicyclic) bond motifs is 1. The number of piperidine rings is 1. The number of hydrogen-bond acceptors (Lipinski definition) is 7. The minimum atomic E-state index is -0.487. The highest BCUT2D eigenvalue weighted by atomic mass is 16.5. The number of nitrogen functional groups attached to an aromatic ring is 1. The maximum atomic E-state index is 12.8. The summed E-state index contributed by atoms with van der Waals surface area (Å²) in [6, 6.07) is 12.5. The van der Waals surface area contributed by atoms with Gasteiger partial charge in [0.2, 0.25) is 0 Å². The van der Waals surface area contributed by atoms with Crippen molar-refractivity contribution in [2.75, 3.05) is 31.2 Å². The van der Waals surface area contributed by atoms with Crippen molar-refractivity contribution in [3.05, 3.63) is 72.4 Å². The zero-order valence-electron chi connectivity index (χ0n) is 20.8. The molecule has 37 heavy (non-hydrogen) atoms. The van der Waals surface area contributed by atoms with Crippen molar-refractivity contribution in [1.29, 1.82) is 0 Å². The predicted molar refractivity (Wildman–Crippen MR) is 140 cm³/mol. The summed E-state index contributed by atoms with van der Waals surface area (Å²) in [4.78, 5) is 40.7. The number of carbonyl (C=O) groups excluding carboxylic acids is 2. The number of carbonyl (C=O) groups is 2. The third-order valence-electron chi connectivity index (χ3n) is 6.74. The standard InChI is InChI=1S/C27H29N7O3/c1-17(37-2)27(36)33-14-5-6-20(16-33)25-32-22(23-24(28)30-13-15-34(23)25)18-8-10-19(11-9-18)26(35)31-21-7-3-4-12-29-21/h3-4,7-13,15,17,20H,5-6,14,16H2,1-2H3,(H2,28,30)(H,29,31,35)/t17-,20+/m0/s1. The van der Waals surface area contributed by atoms with E-state index in [1.54, 1.807) is 50.7 Å². The Kier molecular flexibility index (Phi) is 6.82. The zero-order chi connectivity index (χ0) is 25.9. The van der Waals surface area contributed by atoms with E-state index < -0.39 is 6.10 Å². The second-order valence-corrected chi connectivity index (χ2v) is 9.10. The van der Waals surface area contributed by atoms with Gasteiger partial charge in [0.05, 0.1) is 0 Å². The molecule has 1 fully saturated rings. The van der Waals surface area contributed by atoms with Crippen LogP contribution in [0.4, 0.5) is 11.6 Å². The maximum absolute atomic E-state index is 12.8. The van der Waals surface area contributed by atoms with Crippen LogP contribution in [0.15, 0.2) is 61.1 Å². The average molecular weight is 500 g/mol. The van der Waals surface area contributed by atoms with Gasteiger partial charge in [-0.1, -0.05) is 18.2 Å². The summed E-state index contributed by atoms with van der Waals surface area (Å²) in [6.45, 7) is 3.02. The van der Waals surface area contributed by atoms with Crippen LogP contribution in [0.3, 0.4) is 0 Å². The van der Waals surface area contributed by atoms with E-state index in [1.807, 2.05) is 33.7 Å². The van der Waals surface area contributed by atoms with Crippen molar-refractivity contribution < 1.29 is 14.3 Å². The molecule has 1 aromatic carbocycles. The molecule has 1 saturated heterocycles. The Labute approximate surface area is 214 Å². The van der Waals surface area contributed by atoms with Gasteiger partial charge in [0.15, 0.2) is 0 Å². The number of likely N-dealkylation sites (tertiary alicyclic amines) is 1. The highest BCUT2D eigenvalue weighted by molar-refractivity contribution is 6.04. The first-order chi connectivity index (χ1) is 18.0. The van der Waals surface area contributed by atoms with Gasteiger partial charge < -0.3 is 20.7 Å². The van der Waals surface area contributed by atoms with Gasteiger partial charge >= 0.3 is 0 Å². The molecular weight excluding hydrogens is 470 g/mol. The number of pyridine rings is 1. The number of nitrogens with one attached hydrogen (secondary N) is 1. The van der Waals surface area contributed by atoms with Crippen LogP contribution in [-0.2, 0) is 9.53 Å². The number of aromatic nitrogens is 4. The van der Waals surface area contributed by atoms with E-state index >= 15 is 0 Å². The summed E-state index contributed by atoms with van der Waals surface area (Å²) in [5.41, 5.74) is 9.01. The van der Waals surface area contributed by atoms with Gasteiger partial charge in [0.25, 0.3) is 11.8 Å². The van der Waals surface area contributed by atoms with Crippen LogP contribution in [0, 0.1) is 0 Å². The maximum Gasteiger partial charge on any atom is 0.256 e. The van der Waals surface area contributed by atoms with E-state index in [1.165, 1.54) is 0 Å². The predicted octanol–water partition coefficient (Wildman–Crippen LogP) is 3.37. The number of methoxy groups -OCH3 is 1. The van der Waals surface area contributed by atoms with Crippen molar-refractivity contribution in [3.63, 3.8) is 0 Å². The molecule has 0 bridgehead atoms. The Morgan fingerprint density at radius 1 is 1.14 bits per heavy atom. The molecule has 1 aliphatic rings. The van der Waals surface area contributed by atoms with Gasteiger partial charge in [-0.25, -0.2) is 15.0 Å². The Morgan fingerprint density at radius 3 is 2.68 bits per heavy atom. The van der Waals surface area contributed by atoms with Crippen LogP contribution >= 0.6 is 0 Å². The number of rotatable bonds is 6. The molecule has 1 aliphatic heterocycles. The van der Waals surface area contributed by atoms with Crippen LogP contribution in [-0.4, -0.2) is 62.4 Å². The Bertz CT molecular complexity index is 1420. The smallest absolute Gasteiger partial charge is 0.256 e. The highest BCUT2D eigenvalue weighted by Crippen LogP contribution is 2.34. The first-order valence-corrected chi connectivity index (χ1v) is 12.2. The van der Waals surface area contributed by atoms with E-state index in [-0.39, 0.29) is 17.7 Å². The van der Waals surface area contributed by atoms with E-state index in [0.29, 0.717) is 41.5 Å². The minimum absolute atomic E-state index is 0.0194. The fourth-order valence-corrected chi connectivity index (χ4v) is 4.73. The van der Waals surface area contributed by atoms with Crippen molar-refractivity contribution in [2.24, 2.45) is 0 Å². The third kappa shape index (κ3) is 4.88. The molecule has 5 rings (SSSR count). The summed E-state index contributed by atoms with van der Waals surface area (Å²) < 4.78 is 7.21. The average Bonchev–Trinajstić information content (AvgIpc) is 3.34. The lowest BCUT2D eigenvalue weighted by Crippen LogP contribution is -2.44. The van der Waals surface area contributed by atoms with Gasteiger partial charge in [-0.3, -0.25) is 14.0 Å². The van der Waals surface area contributed by atoms with E-state index in [0.717, 1.165) is 24.2 Å². The summed E-state index contributed by atoms with van der Waals surface area (Å²) >= 11 is 0. The quantitative estimate of drug-likeness (QED) is 0.416. The summed E-state index contributed by atoms with van der Waals surface area (Å²) in [5.74, 6) is 1.45. The third-order valence-corrected chi connectivity index (χ3v) is 6.74. The van der Waals surface area contributed by atoms with Gasteiger partial charge in [0.1, 0.15) is 34.8 Å². The summed E-state index contributed by atoms with van der Waals surface area (Å²) in [6.07, 6.45) is 6.42. The second-order valence-electron chi connectivity index (χ2n) is 9.10. The minimum Gasteiger partial charge on any atom is -0.382 e. The largest absolute Gasteiger partial charge is 0.382 e. The number of amides is 2. The lowest BCUT2D eigenvalue weighted by Gasteiger charge is -2.33. The molecular formula is C27H29N7O3. The molecule has 2 amide bonds. The van der Waals surface area contributed by atoms with Crippen LogP contribution in [0.2, 0.25) is 0 Å². The van der Waals surface area contributed by atoms with Crippen molar-refractivity contribution >= 4 is 29.0 Å². The molecule has 0 unspecified atom stereocenters. The van der Waals surface area contributed by atoms with Gasteiger partial charge in [-0.15, -0.1) is 0 Å². The van der Waals surface area contributed by atoms with Crippen LogP contribution < -0.4 is 11.1 Å². The monoisotopic (exact) mass is 499 g/mol. The van der Waals surface area contributed by atoms with E-state index in [9.17, 15) is 9.59 Å². The number of nitrogens with two attached hydrogens (primary N) is 1. The highest BCUT2D eigenvalue weighted by Gasteiger charge is 2.31. The number of anilines is 2. The SMILES string of the molecule is CO[C@@H](C)C(=O)N1CCC[C@@H](c2nc(-c3ccc(C(=O)Nc4ccccn4)cc3)c3c(N)nccn23)C1. The molecule has 10 nitrogen and oxygen atoms in total. The fraction of sp³-hybridized carbons (Fsp3) is 0.296. The Hall–Kier alpha value is -4.31. The molecule has 0 radical (unpaired) electrons. The van der Waals surface area contributed by atoms with Crippen LogP contribution in [0.1, 0.15) is 41.9 Å². The lowest BCUT2D eigenvalue weighted by atomic mass is 9.96. The van der Waals surface area contributed by atoms with Gasteiger partial charge in [-0.05, 0) is 44.0 Å². The molecule has 190 valence electrons. The van der Waals surface area contributed by atoms with E-state index in [4.69, 9.17) is 15.5 Å². The summed E-state index contributed by atoms with van der Waals surface area (Å²) in [7, 11) is 1.54. The first-order valence-electron chi connectivity index (χ1n) is 12.2. The summed E-state index contributed by atoms with van der Waals surface area (Å²) in [5, 5.41) is 2.79. The topological polar surface area (TPSA) is 128 Å². The number of nitrogens with zero attached hydrogens (tertiary/aromatic N) is 5. The van der Waals surface area contributed by atoms with E-state index in [2.05, 4.69) is 15.3 Å². The van der Waals surface area contributed by atoms with Crippen LogP contribution in [0.25, 0.3) is 16.8 Å². The van der Waals surface area contributed by atoms with Gasteiger partial charge in [0, 0.05) is 55.8 Å².